The summed E-state index contributed by atoms with van der Waals surface area (Å²) in [6.45, 7) is 7.18. The lowest BCUT2D eigenvalue weighted by molar-refractivity contribution is -0.144. The van der Waals surface area contributed by atoms with Crippen molar-refractivity contribution in [3.63, 3.8) is 0 Å². The van der Waals surface area contributed by atoms with E-state index in [2.05, 4.69) is 0 Å². The van der Waals surface area contributed by atoms with Crippen LogP contribution in [0, 0.1) is 0 Å². The van der Waals surface area contributed by atoms with Crippen molar-refractivity contribution in [1.82, 2.24) is 4.90 Å². The van der Waals surface area contributed by atoms with Gasteiger partial charge in [0.2, 0.25) is 5.91 Å². The topological polar surface area (TPSA) is 72.9 Å². The van der Waals surface area contributed by atoms with Crippen LogP contribution in [-0.4, -0.2) is 41.1 Å². The SMILES string of the molecule is CCOC(=O)CC1CCC(=O)N1C(=O)OC(C)(C)C. The molecule has 108 valence electrons. The lowest BCUT2D eigenvalue weighted by Crippen LogP contribution is -2.43. The summed E-state index contributed by atoms with van der Waals surface area (Å²) in [5, 5.41) is 0. The number of nitrogens with zero attached hydrogens (tertiary/aromatic N) is 1. The van der Waals surface area contributed by atoms with Crippen molar-refractivity contribution in [2.75, 3.05) is 6.61 Å². The second-order valence-electron chi connectivity index (χ2n) is 5.45. The van der Waals surface area contributed by atoms with Gasteiger partial charge in [0.1, 0.15) is 5.60 Å². The molecule has 1 aliphatic heterocycles. The highest BCUT2D eigenvalue weighted by molar-refractivity contribution is 5.94. The number of hydrogen-bond acceptors (Lipinski definition) is 5. The Hall–Kier alpha value is -1.59. The highest BCUT2D eigenvalue weighted by Crippen LogP contribution is 2.24. The van der Waals surface area contributed by atoms with Crippen LogP contribution in [0.25, 0.3) is 0 Å². The van der Waals surface area contributed by atoms with E-state index < -0.39 is 23.7 Å². The smallest absolute Gasteiger partial charge is 0.417 e. The van der Waals surface area contributed by atoms with E-state index in [0.717, 1.165) is 4.90 Å². The van der Waals surface area contributed by atoms with E-state index in [1.54, 1.807) is 27.7 Å². The summed E-state index contributed by atoms with van der Waals surface area (Å²) < 4.78 is 10.0. The van der Waals surface area contributed by atoms with Crippen LogP contribution in [-0.2, 0) is 19.1 Å². The number of imide groups is 1. The van der Waals surface area contributed by atoms with E-state index in [0.29, 0.717) is 6.42 Å². The van der Waals surface area contributed by atoms with Gasteiger partial charge in [-0.2, -0.15) is 0 Å². The molecule has 0 aromatic heterocycles. The molecule has 6 heteroatoms. The van der Waals surface area contributed by atoms with E-state index in [4.69, 9.17) is 9.47 Å². The van der Waals surface area contributed by atoms with E-state index in [1.165, 1.54) is 0 Å². The molecule has 0 radical (unpaired) electrons. The van der Waals surface area contributed by atoms with Crippen molar-refractivity contribution in [3.05, 3.63) is 0 Å². The van der Waals surface area contributed by atoms with Crippen molar-refractivity contribution in [1.29, 1.82) is 0 Å². The molecule has 0 bridgehead atoms. The molecule has 1 aliphatic rings. The molecule has 0 N–H and O–H groups in total. The van der Waals surface area contributed by atoms with Crippen molar-refractivity contribution in [2.24, 2.45) is 0 Å². The second-order valence-corrected chi connectivity index (χ2v) is 5.45. The quantitative estimate of drug-likeness (QED) is 0.733. The van der Waals surface area contributed by atoms with Crippen LogP contribution in [0.1, 0.15) is 47.0 Å². The van der Waals surface area contributed by atoms with Gasteiger partial charge >= 0.3 is 12.1 Å². The molecule has 1 atom stereocenters. The van der Waals surface area contributed by atoms with Crippen molar-refractivity contribution in [3.8, 4) is 0 Å². The lowest BCUT2D eigenvalue weighted by atomic mass is 10.1. The number of carbonyl (C=O) groups excluding carboxylic acids is 3. The van der Waals surface area contributed by atoms with E-state index in [-0.39, 0.29) is 25.4 Å². The molecule has 1 fully saturated rings. The second kappa shape index (κ2) is 6.04. The summed E-state index contributed by atoms with van der Waals surface area (Å²) in [7, 11) is 0. The third-order valence-corrected chi connectivity index (χ3v) is 2.62. The monoisotopic (exact) mass is 271 g/mol. The van der Waals surface area contributed by atoms with Crippen LogP contribution in [0.4, 0.5) is 4.79 Å². The van der Waals surface area contributed by atoms with Crippen LogP contribution in [0.5, 0.6) is 0 Å². The Balaban J connectivity index is 2.69. The summed E-state index contributed by atoms with van der Waals surface area (Å²) in [5.74, 6) is -0.709. The van der Waals surface area contributed by atoms with Crippen LogP contribution in [0.3, 0.4) is 0 Å². The third kappa shape index (κ3) is 4.54. The molecule has 1 unspecified atom stereocenters. The zero-order valence-corrected chi connectivity index (χ0v) is 11.9. The average Bonchev–Trinajstić information content (AvgIpc) is 2.57. The first-order valence-electron chi connectivity index (χ1n) is 6.45. The standard InChI is InChI=1S/C13H21NO5/c1-5-18-11(16)8-9-6-7-10(15)14(9)12(17)19-13(2,3)4/h9H,5-8H2,1-4H3. The summed E-state index contributed by atoms with van der Waals surface area (Å²) in [4.78, 5) is 36.2. The van der Waals surface area contributed by atoms with Crippen molar-refractivity contribution < 1.29 is 23.9 Å². The molecular formula is C13H21NO5. The number of ether oxygens (including phenoxy) is 2. The molecule has 0 saturated carbocycles. The number of rotatable bonds is 3. The first kappa shape index (κ1) is 15.5. The Labute approximate surface area is 113 Å². The molecule has 2 amide bonds. The van der Waals surface area contributed by atoms with Gasteiger partial charge < -0.3 is 9.47 Å². The number of likely N-dealkylation sites (tertiary alicyclic amines) is 1. The normalized spacial score (nSPS) is 19.5. The molecule has 0 aliphatic carbocycles. The number of carbonyl (C=O) groups is 3. The van der Waals surface area contributed by atoms with Crippen molar-refractivity contribution >= 4 is 18.0 Å². The van der Waals surface area contributed by atoms with Crippen molar-refractivity contribution in [2.45, 2.75) is 58.6 Å². The van der Waals surface area contributed by atoms with E-state index in [9.17, 15) is 14.4 Å². The van der Waals surface area contributed by atoms with Gasteiger partial charge in [-0.3, -0.25) is 9.59 Å². The largest absolute Gasteiger partial charge is 0.466 e. The third-order valence-electron chi connectivity index (χ3n) is 2.62. The van der Waals surface area contributed by atoms with Gasteiger partial charge in [-0.05, 0) is 34.1 Å². The van der Waals surface area contributed by atoms with Gasteiger partial charge in [0.15, 0.2) is 0 Å². The zero-order valence-electron chi connectivity index (χ0n) is 11.9. The van der Waals surface area contributed by atoms with E-state index in [1.807, 2.05) is 0 Å². The molecule has 1 rings (SSSR count). The lowest BCUT2D eigenvalue weighted by Gasteiger charge is -2.26. The van der Waals surface area contributed by atoms with Crippen LogP contribution in [0.2, 0.25) is 0 Å². The van der Waals surface area contributed by atoms with Gasteiger partial charge in [-0.25, -0.2) is 9.69 Å². The number of esters is 1. The van der Waals surface area contributed by atoms with Gasteiger partial charge in [0.25, 0.3) is 0 Å². The minimum absolute atomic E-state index is 0.0266. The molecule has 19 heavy (non-hydrogen) atoms. The minimum Gasteiger partial charge on any atom is -0.466 e. The fraction of sp³-hybridized carbons (Fsp3) is 0.769. The Morgan fingerprint density at radius 3 is 2.53 bits per heavy atom. The fourth-order valence-electron chi connectivity index (χ4n) is 1.91. The number of hydrogen-bond donors (Lipinski definition) is 0. The molecule has 6 nitrogen and oxygen atoms in total. The van der Waals surface area contributed by atoms with Gasteiger partial charge in [-0.15, -0.1) is 0 Å². The molecule has 1 saturated heterocycles. The van der Waals surface area contributed by atoms with Gasteiger partial charge in [-0.1, -0.05) is 0 Å². The molecule has 0 spiro atoms. The first-order chi connectivity index (χ1) is 8.74. The summed E-state index contributed by atoms with van der Waals surface area (Å²) in [6, 6.07) is -0.457. The summed E-state index contributed by atoms with van der Waals surface area (Å²) in [5.41, 5.74) is -0.672. The molecular weight excluding hydrogens is 250 g/mol. The number of amides is 2. The van der Waals surface area contributed by atoms with E-state index >= 15 is 0 Å². The average molecular weight is 271 g/mol. The highest BCUT2D eigenvalue weighted by Gasteiger charge is 2.39. The minimum atomic E-state index is -0.690. The Morgan fingerprint density at radius 2 is 2.00 bits per heavy atom. The maximum Gasteiger partial charge on any atom is 0.417 e. The Morgan fingerprint density at radius 1 is 1.37 bits per heavy atom. The predicted octanol–water partition coefficient (Wildman–Crippen LogP) is 1.87. The highest BCUT2D eigenvalue weighted by atomic mass is 16.6. The zero-order chi connectivity index (χ0) is 14.6. The summed E-state index contributed by atoms with van der Waals surface area (Å²) >= 11 is 0. The molecule has 0 aromatic rings. The van der Waals surface area contributed by atoms with Crippen LogP contribution < -0.4 is 0 Å². The van der Waals surface area contributed by atoms with Gasteiger partial charge in [0, 0.05) is 6.42 Å². The predicted molar refractivity (Wildman–Crippen MR) is 67.4 cm³/mol. The maximum atomic E-state index is 12.0. The Kier molecular flexibility index (Phi) is 4.91. The summed E-state index contributed by atoms with van der Waals surface area (Å²) in [6.07, 6.45) is 0.0586. The maximum absolute atomic E-state index is 12.0. The molecule has 1 heterocycles. The van der Waals surface area contributed by atoms with Gasteiger partial charge in [0.05, 0.1) is 19.1 Å². The first-order valence-corrected chi connectivity index (χ1v) is 6.45. The van der Waals surface area contributed by atoms with Crippen LogP contribution >= 0.6 is 0 Å². The fourth-order valence-corrected chi connectivity index (χ4v) is 1.91. The van der Waals surface area contributed by atoms with Crippen LogP contribution in [0.15, 0.2) is 0 Å². The Bertz CT molecular complexity index is 372. The molecule has 0 aromatic carbocycles.